The summed E-state index contributed by atoms with van der Waals surface area (Å²) in [5.41, 5.74) is 3.14. The van der Waals surface area contributed by atoms with Gasteiger partial charge < -0.3 is 15.7 Å². The molecule has 2 aromatic rings. The van der Waals surface area contributed by atoms with Gasteiger partial charge in [-0.25, -0.2) is 0 Å². The standard InChI is InChI=1S/C27H37N3O2.2ClH/c1-18(17-31)28-9-3-4-22-7-8-23-24(29-22)5-2-6-25(23)30-26(32)16-27-13-19-10-20(14-27)12-21(11-19)15-27;;/h2,5-8,18-21,28,31H,3-4,9-17H2,1H3,(H,30,32);2*1H/t18-,19?,20?,21?,27?;;/m1../s1. The Bertz CT molecular complexity index is 948. The van der Waals surface area contributed by atoms with Crippen LogP contribution in [0.1, 0.15) is 64.0 Å². The monoisotopic (exact) mass is 507 g/mol. The smallest absolute Gasteiger partial charge is 0.224 e. The van der Waals surface area contributed by atoms with Crippen LogP contribution in [0.2, 0.25) is 0 Å². The molecule has 7 heteroatoms. The lowest BCUT2D eigenvalue weighted by Crippen LogP contribution is -2.47. The van der Waals surface area contributed by atoms with E-state index in [2.05, 4.69) is 22.8 Å². The quantitative estimate of drug-likeness (QED) is 0.390. The van der Waals surface area contributed by atoms with Crippen molar-refractivity contribution in [3.63, 3.8) is 0 Å². The molecule has 3 N–H and O–H groups in total. The fourth-order valence-corrected chi connectivity index (χ4v) is 7.17. The maximum Gasteiger partial charge on any atom is 0.224 e. The second-order valence-electron chi connectivity index (χ2n) is 11.0. The fourth-order valence-electron chi connectivity index (χ4n) is 7.17. The maximum absolute atomic E-state index is 13.1. The van der Waals surface area contributed by atoms with Gasteiger partial charge in [-0.3, -0.25) is 9.78 Å². The number of aliphatic hydroxyl groups is 1. The molecule has 5 nitrogen and oxygen atoms in total. The zero-order valence-electron chi connectivity index (χ0n) is 20.1. The van der Waals surface area contributed by atoms with Gasteiger partial charge in [-0.2, -0.15) is 0 Å². The number of halogens is 2. The number of nitrogens with one attached hydrogen (secondary N) is 2. The van der Waals surface area contributed by atoms with Crippen LogP contribution >= 0.6 is 24.8 Å². The highest BCUT2D eigenvalue weighted by atomic mass is 35.5. The fraction of sp³-hybridized carbons (Fsp3) is 0.630. The van der Waals surface area contributed by atoms with Crippen molar-refractivity contribution in [2.75, 3.05) is 18.5 Å². The number of rotatable bonds is 9. The highest BCUT2D eigenvalue weighted by molar-refractivity contribution is 6.01. The van der Waals surface area contributed by atoms with Crippen LogP contribution in [0.4, 0.5) is 5.69 Å². The Kier molecular flexibility index (Phi) is 9.24. The third-order valence-corrected chi connectivity index (χ3v) is 8.14. The molecule has 6 rings (SSSR count). The Hall–Kier alpha value is -1.40. The van der Waals surface area contributed by atoms with Crippen molar-refractivity contribution in [2.45, 2.75) is 70.8 Å². The zero-order chi connectivity index (χ0) is 22.1. The van der Waals surface area contributed by atoms with Crippen LogP contribution in [-0.2, 0) is 11.2 Å². The van der Waals surface area contributed by atoms with E-state index in [1.165, 1.54) is 38.5 Å². The Morgan fingerprint density at radius 1 is 1.09 bits per heavy atom. The summed E-state index contributed by atoms with van der Waals surface area (Å²) in [5, 5.41) is 16.7. The van der Waals surface area contributed by atoms with Gasteiger partial charge in [-0.05, 0) is 112 Å². The summed E-state index contributed by atoms with van der Waals surface area (Å²) in [6.07, 6.45) is 10.6. The summed E-state index contributed by atoms with van der Waals surface area (Å²) in [7, 11) is 0. The lowest BCUT2D eigenvalue weighted by atomic mass is 9.49. The van der Waals surface area contributed by atoms with Crippen molar-refractivity contribution in [1.29, 1.82) is 0 Å². The summed E-state index contributed by atoms with van der Waals surface area (Å²) in [6, 6.07) is 10.3. The van der Waals surface area contributed by atoms with Crippen LogP contribution < -0.4 is 10.6 Å². The SMILES string of the molecule is C[C@H](CO)NCCCc1ccc2c(NC(=O)CC34CC5CC(CC(C5)C3)C4)cccc2n1.Cl.Cl. The first kappa shape index (κ1) is 27.2. The molecular weight excluding hydrogens is 469 g/mol. The van der Waals surface area contributed by atoms with Crippen molar-refractivity contribution in [2.24, 2.45) is 23.2 Å². The number of anilines is 1. The van der Waals surface area contributed by atoms with Gasteiger partial charge >= 0.3 is 0 Å². The van der Waals surface area contributed by atoms with Crippen LogP contribution in [0, 0.1) is 23.2 Å². The summed E-state index contributed by atoms with van der Waals surface area (Å²) in [6.45, 7) is 3.00. The molecule has 0 spiro atoms. The molecule has 4 aliphatic rings. The molecule has 0 saturated heterocycles. The maximum atomic E-state index is 13.1. The van der Waals surface area contributed by atoms with Crippen molar-refractivity contribution in [3.05, 3.63) is 36.0 Å². The second-order valence-corrected chi connectivity index (χ2v) is 11.0. The third-order valence-electron chi connectivity index (χ3n) is 8.14. The summed E-state index contributed by atoms with van der Waals surface area (Å²) < 4.78 is 0. The molecule has 0 unspecified atom stereocenters. The first-order valence-electron chi connectivity index (χ1n) is 12.5. The number of fused-ring (bicyclic) bond motifs is 1. The van der Waals surface area contributed by atoms with E-state index in [0.29, 0.717) is 6.42 Å². The molecule has 4 saturated carbocycles. The first-order valence-corrected chi connectivity index (χ1v) is 12.5. The van der Waals surface area contributed by atoms with Gasteiger partial charge in [0.1, 0.15) is 0 Å². The molecule has 1 aromatic carbocycles. The number of aliphatic hydroxyl groups excluding tert-OH is 1. The number of pyridine rings is 1. The average molecular weight is 509 g/mol. The minimum atomic E-state index is 0. The second kappa shape index (κ2) is 11.6. The lowest BCUT2D eigenvalue weighted by molar-refractivity contribution is -0.124. The Labute approximate surface area is 215 Å². The zero-order valence-corrected chi connectivity index (χ0v) is 21.7. The summed E-state index contributed by atoms with van der Waals surface area (Å²) >= 11 is 0. The molecule has 1 aromatic heterocycles. The van der Waals surface area contributed by atoms with Gasteiger partial charge in [0.15, 0.2) is 0 Å². The van der Waals surface area contributed by atoms with Gasteiger partial charge in [0.25, 0.3) is 0 Å². The average Bonchev–Trinajstić information content (AvgIpc) is 2.75. The summed E-state index contributed by atoms with van der Waals surface area (Å²) in [5.74, 6) is 2.79. The molecule has 4 bridgehead atoms. The molecule has 188 valence electrons. The number of hydrogen-bond acceptors (Lipinski definition) is 4. The molecule has 0 radical (unpaired) electrons. The topological polar surface area (TPSA) is 74.2 Å². The predicted molar refractivity (Wildman–Crippen MR) is 143 cm³/mol. The molecular formula is C27H39Cl2N3O2. The molecule has 4 aliphatic carbocycles. The highest BCUT2D eigenvalue weighted by Gasteiger charge is 2.51. The van der Waals surface area contributed by atoms with Gasteiger partial charge in [0, 0.05) is 23.5 Å². The van der Waals surface area contributed by atoms with Crippen LogP contribution in [0.3, 0.4) is 0 Å². The van der Waals surface area contributed by atoms with Crippen LogP contribution in [0.5, 0.6) is 0 Å². The number of aromatic nitrogens is 1. The number of aryl methyl sites for hydroxylation is 1. The normalized spacial score (nSPS) is 27.6. The van der Waals surface area contributed by atoms with Crippen LogP contribution in [-0.4, -0.2) is 35.2 Å². The highest BCUT2D eigenvalue weighted by Crippen LogP contribution is 2.61. The molecule has 4 fully saturated rings. The van der Waals surface area contributed by atoms with E-state index < -0.39 is 0 Å². The number of amides is 1. The summed E-state index contributed by atoms with van der Waals surface area (Å²) in [4.78, 5) is 17.9. The van der Waals surface area contributed by atoms with Crippen LogP contribution in [0.15, 0.2) is 30.3 Å². The van der Waals surface area contributed by atoms with E-state index in [1.54, 1.807) is 0 Å². The van der Waals surface area contributed by atoms with E-state index in [1.807, 2.05) is 25.1 Å². The molecule has 1 atom stereocenters. The van der Waals surface area contributed by atoms with Gasteiger partial charge in [0.05, 0.1) is 17.8 Å². The molecule has 1 amide bonds. The van der Waals surface area contributed by atoms with E-state index >= 15 is 0 Å². The number of carbonyl (C=O) groups excluding carboxylic acids is 1. The van der Waals surface area contributed by atoms with Crippen molar-refractivity contribution in [1.82, 2.24) is 10.3 Å². The minimum absolute atomic E-state index is 0. The number of carbonyl (C=O) groups is 1. The van der Waals surface area contributed by atoms with E-state index in [4.69, 9.17) is 10.1 Å². The van der Waals surface area contributed by atoms with Gasteiger partial charge in [-0.1, -0.05) is 6.07 Å². The van der Waals surface area contributed by atoms with Crippen LogP contribution in [0.25, 0.3) is 10.9 Å². The predicted octanol–water partition coefficient (Wildman–Crippen LogP) is 5.53. The van der Waals surface area contributed by atoms with E-state index in [9.17, 15) is 4.79 Å². The van der Waals surface area contributed by atoms with Crippen molar-refractivity contribution >= 4 is 47.3 Å². The lowest BCUT2D eigenvalue weighted by Gasteiger charge is -2.56. The third kappa shape index (κ3) is 6.04. The Balaban J connectivity index is 0.00000162. The Morgan fingerprint density at radius 2 is 1.76 bits per heavy atom. The number of nitrogens with zero attached hydrogens (tertiary/aromatic N) is 1. The number of benzene rings is 1. The first-order chi connectivity index (χ1) is 15.5. The minimum Gasteiger partial charge on any atom is -0.395 e. The largest absolute Gasteiger partial charge is 0.395 e. The number of hydrogen-bond donors (Lipinski definition) is 3. The van der Waals surface area contributed by atoms with Crippen molar-refractivity contribution in [3.8, 4) is 0 Å². The Morgan fingerprint density at radius 3 is 2.41 bits per heavy atom. The molecule has 1 heterocycles. The van der Waals surface area contributed by atoms with E-state index in [-0.39, 0.29) is 48.8 Å². The van der Waals surface area contributed by atoms with Gasteiger partial charge in [0.2, 0.25) is 5.91 Å². The van der Waals surface area contributed by atoms with Gasteiger partial charge in [-0.15, -0.1) is 24.8 Å². The van der Waals surface area contributed by atoms with E-state index in [0.717, 1.165) is 59.4 Å². The van der Waals surface area contributed by atoms with Crippen molar-refractivity contribution < 1.29 is 9.90 Å². The molecule has 34 heavy (non-hydrogen) atoms. The molecule has 0 aliphatic heterocycles.